The average Bonchev–Trinajstić information content (AvgIpc) is 2.74. The first-order valence-electron chi connectivity index (χ1n) is 5.37. The van der Waals surface area contributed by atoms with E-state index in [0.717, 1.165) is 0 Å². The van der Waals surface area contributed by atoms with Crippen molar-refractivity contribution in [2.75, 3.05) is 0 Å². The van der Waals surface area contributed by atoms with Gasteiger partial charge < -0.3 is 5.32 Å². The van der Waals surface area contributed by atoms with Crippen LogP contribution in [0.15, 0.2) is 18.3 Å². The Morgan fingerprint density at radius 3 is 2.82 bits per heavy atom. The maximum Gasteiger partial charge on any atom is 0.287 e. The fraction of sp³-hybridized carbons (Fsp3) is 0.455. The third kappa shape index (κ3) is 1.75. The Morgan fingerprint density at radius 2 is 2.24 bits per heavy atom. The van der Waals surface area contributed by atoms with Crippen LogP contribution >= 0.6 is 0 Å². The smallest absolute Gasteiger partial charge is 0.287 e. The van der Waals surface area contributed by atoms with Crippen molar-refractivity contribution in [1.29, 1.82) is 0 Å². The average molecular weight is 238 g/mol. The molecule has 1 aromatic heterocycles. The quantitative estimate of drug-likeness (QED) is 0.610. The van der Waals surface area contributed by atoms with Crippen molar-refractivity contribution in [3.05, 3.63) is 24.0 Å². The Morgan fingerprint density at radius 1 is 1.53 bits per heavy atom. The van der Waals surface area contributed by atoms with Gasteiger partial charge in [-0.15, -0.1) is 0 Å². The molecule has 17 heavy (non-hydrogen) atoms. The lowest BCUT2D eigenvalue weighted by atomic mass is 9.97. The summed E-state index contributed by atoms with van der Waals surface area (Å²) in [5, 5.41) is 11.4. The van der Waals surface area contributed by atoms with Gasteiger partial charge in [0.05, 0.1) is 0 Å². The second-order valence-corrected chi connectivity index (χ2v) is 4.54. The number of nitrogens with one attached hydrogen (secondary N) is 1. The second kappa shape index (κ2) is 3.97. The van der Waals surface area contributed by atoms with Crippen LogP contribution in [0, 0.1) is 5.92 Å². The van der Waals surface area contributed by atoms with Crippen LogP contribution in [-0.2, 0) is 4.89 Å². The van der Waals surface area contributed by atoms with E-state index in [0.29, 0.717) is 0 Å². The van der Waals surface area contributed by atoms with Gasteiger partial charge in [-0.3, -0.25) is 14.2 Å². The Kier molecular flexibility index (Phi) is 2.76. The summed E-state index contributed by atoms with van der Waals surface area (Å²) in [6.07, 6.45) is 1.68. The summed E-state index contributed by atoms with van der Waals surface area (Å²) in [5.74, 6) is -0.860. The van der Waals surface area contributed by atoms with Gasteiger partial charge in [0, 0.05) is 12.6 Å². The number of amides is 1. The summed E-state index contributed by atoms with van der Waals surface area (Å²) in [4.78, 5) is 28.2. The summed E-state index contributed by atoms with van der Waals surface area (Å²) in [7, 11) is 0. The van der Waals surface area contributed by atoms with E-state index in [4.69, 9.17) is 5.26 Å². The summed E-state index contributed by atoms with van der Waals surface area (Å²) < 4.78 is 1.19. The standard InChI is InChI=1S/C11H14N2O4/c1-7(2)6-11(17-16)10(15)13-5-3-4-8(13)9(14)12-11/h3-5,7,16H,6H2,1-2H3,(H,12,14). The summed E-state index contributed by atoms with van der Waals surface area (Å²) in [5.41, 5.74) is -1.44. The largest absolute Gasteiger partial charge is 0.312 e. The molecule has 0 bridgehead atoms. The summed E-state index contributed by atoms with van der Waals surface area (Å²) in [6, 6.07) is 3.12. The molecule has 0 fully saturated rings. The molecule has 1 unspecified atom stereocenters. The van der Waals surface area contributed by atoms with Crippen LogP contribution in [0.25, 0.3) is 0 Å². The summed E-state index contributed by atoms with van der Waals surface area (Å²) in [6.45, 7) is 3.73. The van der Waals surface area contributed by atoms with Crippen LogP contribution in [0.5, 0.6) is 0 Å². The molecule has 2 N–H and O–H groups in total. The molecule has 6 heteroatoms. The molecule has 1 aliphatic rings. The number of hydrogen-bond donors (Lipinski definition) is 2. The minimum Gasteiger partial charge on any atom is -0.312 e. The van der Waals surface area contributed by atoms with Crippen molar-refractivity contribution >= 4 is 11.8 Å². The molecule has 1 aliphatic heterocycles. The van der Waals surface area contributed by atoms with Gasteiger partial charge in [0.25, 0.3) is 17.5 Å². The number of fused-ring (bicyclic) bond motifs is 1. The molecule has 6 nitrogen and oxygen atoms in total. The molecule has 1 amide bonds. The topological polar surface area (TPSA) is 80.6 Å². The third-order valence-corrected chi connectivity index (χ3v) is 2.71. The fourth-order valence-corrected chi connectivity index (χ4v) is 2.05. The molecule has 2 heterocycles. The molecule has 92 valence electrons. The minimum absolute atomic E-state index is 0.0727. The normalized spacial score (nSPS) is 23.8. The Balaban J connectivity index is 2.45. The molecule has 2 rings (SSSR count). The van der Waals surface area contributed by atoms with Crippen molar-refractivity contribution in [3.8, 4) is 0 Å². The predicted octanol–water partition coefficient (Wildman–Crippen LogP) is 1.10. The monoisotopic (exact) mass is 238 g/mol. The Bertz CT molecular complexity index is 466. The number of aromatic nitrogens is 1. The number of carbonyl (C=O) groups excluding carboxylic acids is 2. The van der Waals surface area contributed by atoms with Gasteiger partial charge in [0.1, 0.15) is 5.69 Å². The van der Waals surface area contributed by atoms with Gasteiger partial charge in [-0.1, -0.05) is 13.8 Å². The SMILES string of the molecule is CC(C)CC1(OO)NC(=O)c2cccn2C1=O. The van der Waals surface area contributed by atoms with E-state index < -0.39 is 17.5 Å². The van der Waals surface area contributed by atoms with Gasteiger partial charge in [0.2, 0.25) is 0 Å². The third-order valence-electron chi connectivity index (χ3n) is 2.71. The predicted molar refractivity (Wildman–Crippen MR) is 58.4 cm³/mol. The summed E-state index contributed by atoms with van der Waals surface area (Å²) >= 11 is 0. The van der Waals surface area contributed by atoms with Crippen molar-refractivity contribution in [2.24, 2.45) is 5.92 Å². The highest BCUT2D eigenvalue weighted by atomic mass is 17.1. The first-order chi connectivity index (χ1) is 8.00. The van der Waals surface area contributed by atoms with Crippen molar-refractivity contribution in [1.82, 2.24) is 9.88 Å². The number of nitrogens with zero attached hydrogens (tertiary/aromatic N) is 1. The zero-order valence-electron chi connectivity index (χ0n) is 9.64. The Hall–Kier alpha value is -1.66. The maximum absolute atomic E-state index is 12.2. The fourth-order valence-electron chi connectivity index (χ4n) is 2.05. The lowest BCUT2D eigenvalue weighted by molar-refractivity contribution is -0.315. The highest BCUT2D eigenvalue weighted by molar-refractivity contribution is 6.05. The minimum atomic E-state index is -1.68. The molecule has 1 atom stereocenters. The van der Waals surface area contributed by atoms with E-state index >= 15 is 0 Å². The van der Waals surface area contributed by atoms with Crippen LogP contribution in [0.3, 0.4) is 0 Å². The lowest BCUT2D eigenvalue weighted by Gasteiger charge is -2.34. The van der Waals surface area contributed by atoms with Crippen LogP contribution in [0.1, 0.15) is 35.6 Å². The highest BCUT2D eigenvalue weighted by Crippen LogP contribution is 2.25. The van der Waals surface area contributed by atoms with Gasteiger partial charge in [0.15, 0.2) is 0 Å². The van der Waals surface area contributed by atoms with Crippen LogP contribution < -0.4 is 5.32 Å². The van der Waals surface area contributed by atoms with Crippen molar-refractivity contribution in [3.63, 3.8) is 0 Å². The number of rotatable bonds is 3. The van der Waals surface area contributed by atoms with E-state index in [2.05, 4.69) is 10.2 Å². The van der Waals surface area contributed by atoms with E-state index in [1.54, 1.807) is 6.07 Å². The van der Waals surface area contributed by atoms with Crippen LogP contribution in [0.2, 0.25) is 0 Å². The lowest BCUT2D eigenvalue weighted by Crippen LogP contribution is -2.62. The van der Waals surface area contributed by atoms with Gasteiger partial charge in [-0.2, -0.15) is 0 Å². The van der Waals surface area contributed by atoms with E-state index in [-0.39, 0.29) is 18.0 Å². The molecule has 0 spiro atoms. The first-order valence-corrected chi connectivity index (χ1v) is 5.37. The van der Waals surface area contributed by atoms with Crippen molar-refractivity contribution in [2.45, 2.75) is 26.0 Å². The second-order valence-electron chi connectivity index (χ2n) is 4.54. The van der Waals surface area contributed by atoms with E-state index in [1.807, 2.05) is 13.8 Å². The van der Waals surface area contributed by atoms with E-state index in [9.17, 15) is 9.59 Å². The van der Waals surface area contributed by atoms with Crippen molar-refractivity contribution < 1.29 is 19.7 Å². The van der Waals surface area contributed by atoms with Gasteiger partial charge in [-0.25, -0.2) is 10.1 Å². The number of hydrogen-bond acceptors (Lipinski definition) is 4. The molecule has 1 aromatic rings. The van der Waals surface area contributed by atoms with Gasteiger partial charge in [-0.05, 0) is 18.1 Å². The maximum atomic E-state index is 12.2. The van der Waals surface area contributed by atoms with Gasteiger partial charge >= 0.3 is 0 Å². The molecule has 0 saturated carbocycles. The Labute approximate surface area is 98.1 Å². The van der Waals surface area contributed by atoms with Crippen LogP contribution in [-0.4, -0.2) is 27.4 Å². The zero-order chi connectivity index (χ0) is 12.6. The number of carbonyl (C=O) groups is 2. The van der Waals surface area contributed by atoms with E-state index in [1.165, 1.54) is 16.8 Å². The molecule has 0 saturated heterocycles. The molecule has 0 radical (unpaired) electrons. The molecular weight excluding hydrogens is 224 g/mol. The first kappa shape index (κ1) is 11.8. The molecule has 0 aliphatic carbocycles. The zero-order valence-corrected chi connectivity index (χ0v) is 9.64. The molecule has 0 aromatic carbocycles. The molecular formula is C11H14N2O4. The van der Waals surface area contributed by atoms with Crippen LogP contribution in [0.4, 0.5) is 0 Å². The highest BCUT2D eigenvalue weighted by Gasteiger charge is 2.48.